The first-order chi connectivity index (χ1) is 9.85. The number of halogens is 1. The van der Waals surface area contributed by atoms with Gasteiger partial charge >= 0.3 is 0 Å². The molecule has 0 fully saturated rings. The lowest BCUT2D eigenvalue weighted by Crippen LogP contribution is -2.16. The molecule has 108 valence electrons. The van der Waals surface area contributed by atoms with Gasteiger partial charge in [-0.2, -0.15) is 5.26 Å². The molecule has 0 saturated heterocycles. The lowest BCUT2D eigenvalue weighted by atomic mass is 10.2. The molecule has 0 aliphatic carbocycles. The van der Waals surface area contributed by atoms with E-state index < -0.39 is 26.3 Å². The smallest absolute Gasteiger partial charge is 0.264 e. The first-order valence-corrected chi connectivity index (χ1v) is 7.21. The predicted molar refractivity (Wildman–Crippen MR) is 72.6 cm³/mol. The SMILES string of the molecule is Cc1ccc(O)c(NS(=O)(=O)c2cccc(F)c2C#N)n1. The van der Waals surface area contributed by atoms with Crippen LogP contribution in [0.25, 0.3) is 0 Å². The minimum atomic E-state index is -4.25. The molecule has 0 aliphatic heterocycles. The molecule has 0 aliphatic rings. The highest BCUT2D eigenvalue weighted by Crippen LogP contribution is 2.25. The second-order valence-corrected chi connectivity index (χ2v) is 5.80. The Hall–Kier alpha value is -2.66. The standard InChI is InChI=1S/C13H10FN3O3S/c1-8-5-6-11(18)13(16-8)17-21(19,20)12-4-2-3-10(14)9(12)7-15/h2-6,18H,1H3,(H,16,17). The van der Waals surface area contributed by atoms with Gasteiger partial charge in [0.15, 0.2) is 11.6 Å². The summed E-state index contributed by atoms with van der Waals surface area (Å²) in [6.07, 6.45) is 0. The number of aromatic nitrogens is 1. The Kier molecular flexibility index (Phi) is 3.78. The number of nitrogens with zero attached hydrogens (tertiary/aromatic N) is 2. The fourth-order valence-electron chi connectivity index (χ4n) is 1.64. The van der Waals surface area contributed by atoms with Gasteiger partial charge in [-0.3, -0.25) is 4.72 Å². The van der Waals surface area contributed by atoms with Crippen molar-refractivity contribution in [3.8, 4) is 11.8 Å². The Balaban J connectivity index is 2.52. The first-order valence-electron chi connectivity index (χ1n) is 5.73. The van der Waals surface area contributed by atoms with Crippen LogP contribution < -0.4 is 4.72 Å². The second kappa shape index (κ2) is 5.38. The van der Waals surface area contributed by atoms with E-state index in [0.29, 0.717) is 5.69 Å². The molecule has 2 rings (SSSR count). The average molecular weight is 307 g/mol. The van der Waals surface area contributed by atoms with Crippen LogP contribution in [0, 0.1) is 24.1 Å². The molecule has 0 amide bonds. The number of pyridine rings is 1. The summed E-state index contributed by atoms with van der Waals surface area (Å²) in [4.78, 5) is 3.32. The van der Waals surface area contributed by atoms with E-state index in [4.69, 9.17) is 5.26 Å². The van der Waals surface area contributed by atoms with Crippen molar-refractivity contribution in [1.82, 2.24) is 4.98 Å². The van der Waals surface area contributed by atoms with Crippen LogP contribution in [0.4, 0.5) is 10.2 Å². The van der Waals surface area contributed by atoms with Gasteiger partial charge in [0.2, 0.25) is 0 Å². The van der Waals surface area contributed by atoms with Crippen molar-refractivity contribution in [2.75, 3.05) is 4.72 Å². The van der Waals surface area contributed by atoms with Gasteiger partial charge < -0.3 is 5.11 Å². The zero-order chi connectivity index (χ0) is 15.6. The third kappa shape index (κ3) is 2.93. The summed E-state index contributed by atoms with van der Waals surface area (Å²) in [7, 11) is -4.25. The van der Waals surface area contributed by atoms with Crippen LogP contribution in [-0.2, 0) is 10.0 Å². The molecule has 0 unspecified atom stereocenters. The Labute approximate surface area is 120 Å². The fraction of sp³-hybridized carbons (Fsp3) is 0.0769. The summed E-state index contributed by atoms with van der Waals surface area (Å²) in [5.74, 6) is -1.61. The number of benzene rings is 1. The van der Waals surface area contributed by atoms with Crippen molar-refractivity contribution in [1.29, 1.82) is 5.26 Å². The number of hydrogen-bond donors (Lipinski definition) is 2. The minimum Gasteiger partial charge on any atom is -0.504 e. The van der Waals surface area contributed by atoms with E-state index in [0.717, 1.165) is 12.1 Å². The molecule has 1 aromatic heterocycles. The van der Waals surface area contributed by atoms with E-state index in [-0.39, 0.29) is 11.6 Å². The van der Waals surface area contributed by atoms with Crippen molar-refractivity contribution in [2.45, 2.75) is 11.8 Å². The van der Waals surface area contributed by atoms with E-state index >= 15 is 0 Å². The molecule has 21 heavy (non-hydrogen) atoms. The molecule has 2 N–H and O–H groups in total. The van der Waals surface area contributed by atoms with Gasteiger partial charge in [-0.1, -0.05) is 6.07 Å². The predicted octanol–water partition coefficient (Wildman–Crippen LogP) is 1.91. The molecule has 0 atom stereocenters. The maximum absolute atomic E-state index is 13.5. The van der Waals surface area contributed by atoms with Crippen LogP contribution in [0.2, 0.25) is 0 Å². The molecule has 0 saturated carbocycles. The highest BCUT2D eigenvalue weighted by atomic mass is 32.2. The number of hydrogen-bond acceptors (Lipinski definition) is 5. The molecule has 0 bridgehead atoms. The quantitative estimate of drug-likeness (QED) is 0.901. The summed E-state index contributed by atoms with van der Waals surface area (Å²) < 4.78 is 40.0. The Morgan fingerprint density at radius 1 is 1.33 bits per heavy atom. The van der Waals surface area contributed by atoms with Gasteiger partial charge in [0.05, 0.1) is 0 Å². The number of aromatic hydroxyl groups is 1. The molecular formula is C13H10FN3O3S. The summed E-state index contributed by atoms with van der Waals surface area (Å²) in [5.41, 5.74) is -0.123. The van der Waals surface area contributed by atoms with Crippen molar-refractivity contribution in [2.24, 2.45) is 0 Å². The summed E-state index contributed by atoms with van der Waals surface area (Å²) in [5, 5.41) is 18.5. The molecule has 0 radical (unpaired) electrons. The van der Waals surface area contributed by atoms with Crippen LogP contribution in [0.1, 0.15) is 11.3 Å². The molecular weight excluding hydrogens is 297 g/mol. The lowest BCUT2D eigenvalue weighted by Gasteiger charge is -2.10. The van der Waals surface area contributed by atoms with E-state index in [1.54, 1.807) is 6.92 Å². The maximum atomic E-state index is 13.5. The number of anilines is 1. The van der Waals surface area contributed by atoms with Crippen LogP contribution in [0.5, 0.6) is 5.75 Å². The molecule has 8 heteroatoms. The molecule has 0 spiro atoms. The number of rotatable bonds is 3. The minimum absolute atomic E-state index is 0.289. The molecule has 1 aromatic carbocycles. The van der Waals surface area contributed by atoms with E-state index in [2.05, 4.69) is 4.98 Å². The Morgan fingerprint density at radius 2 is 2.05 bits per heavy atom. The van der Waals surface area contributed by atoms with E-state index in [1.165, 1.54) is 24.3 Å². The number of nitrogens with one attached hydrogen (secondary N) is 1. The van der Waals surface area contributed by atoms with Crippen molar-refractivity contribution < 1.29 is 17.9 Å². The normalized spacial score (nSPS) is 10.9. The van der Waals surface area contributed by atoms with Gasteiger partial charge in [0.25, 0.3) is 10.0 Å². The van der Waals surface area contributed by atoms with Crippen LogP contribution in [0.3, 0.4) is 0 Å². The Morgan fingerprint density at radius 3 is 2.71 bits per heavy atom. The fourth-order valence-corrected chi connectivity index (χ4v) is 2.83. The van der Waals surface area contributed by atoms with Crippen LogP contribution in [0.15, 0.2) is 35.2 Å². The average Bonchev–Trinajstić information content (AvgIpc) is 2.42. The van der Waals surface area contributed by atoms with Crippen LogP contribution in [-0.4, -0.2) is 18.5 Å². The van der Waals surface area contributed by atoms with E-state index in [1.807, 2.05) is 4.72 Å². The molecule has 2 aromatic rings. The highest BCUT2D eigenvalue weighted by molar-refractivity contribution is 7.92. The van der Waals surface area contributed by atoms with Gasteiger partial charge in [-0.25, -0.2) is 17.8 Å². The van der Waals surface area contributed by atoms with Crippen molar-refractivity contribution in [3.63, 3.8) is 0 Å². The number of aryl methyl sites for hydroxylation is 1. The largest absolute Gasteiger partial charge is 0.504 e. The number of sulfonamides is 1. The van der Waals surface area contributed by atoms with Crippen molar-refractivity contribution >= 4 is 15.8 Å². The first kappa shape index (κ1) is 14.7. The lowest BCUT2D eigenvalue weighted by molar-refractivity contribution is 0.475. The zero-order valence-corrected chi connectivity index (χ0v) is 11.6. The topological polar surface area (TPSA) is 103 Å². The van der Waals surface area contributed by atoms with E-state index in [9.17, 15) is 17.9 Å². The maximum Gasteiger partial charge on any atom is 0.264 e. The molecule has 6 nitrogen and oxygen atoms in total. The number of nitriles is 1. The monoisotopic (exact) mass is 307 g/mol. The second-order valence-electron chi connectivity index (χ2n) is 4.15. The van der Waals surface area contributed by atoms with Crippen molar-refractivity contribution in [3.05, 3.63) is 47.4 Å². The third-order valence-electron chi connectivity index (χ3n) is 2.62. The van der Waals surface area contributed by atoms with Gasteiger partial charge in [0, 0.05) is 5.69 Å². The van der Waals surface area contributed by atoms with Gasteiger partial charge in [-0.05, 0) is 31.2 Å². The van der Waals surface area contributed by atoms with Gasteiger partial charge in [-0.15, -0.1) is 0 Å². The third-order valence-corrected chi connectivity index (χ3v) is 4.00. The zero-order valence-electron chi connectivity index (χ0n) is 10.8. The highest BCUT2D eigenvalue weighted by Gasteiger charge is 2.23. The summed E-state index contributed by atoms with van der Waals surface area (Å²) in [6.45, 7) is 1.61. The Bertz CT molecular complexity index is 844. The summed E-state index contributed by atoms with van der Waals surface area (Å²) >= 11 is 0. The molecule has 1 heterocycles. The van der Waals surface area contributed by atoms with Gasteiger partial charge in [0.1, 0.15) is 22.3 Å². The summed E-state index contributed by atoms with van der Waals surface area (Å²) in [6, 6.07) is 7.53. The van der Waals surface area contributed by atoms with Crippen LogP contribution >= 0.6 is 0 Å².